The lowest BCUT2D eigenvalue weighted by molar-refractivity contribution is -0.111. The van der Waals surface area contributed by atoms with Gasteiger partial charge in [0.15, 0.2) is 0 Å². The highest BCUT2D eigenvalue weighted by atomic mass is 32.1. The van der Waals surface area contributed by atoms with Crippen molar-refractivity contribution in [2.75, 3.05) is 19.5 Å². The number of nitrogens with one attached hydrogen (secondary N) is 2. The number of hydrogen-bond donors (Lipinski definition) is 2. The van der Waals surface area contributed by atoms with Gasteiger partial charge in [0.25, 0.3) is 5.91 Å². The molecule has 3 aromatic rings. The molecule has 0 aliphatic heterocycles. The summed E-state index contributed by atoms with van der Waals surface area (Å²) >= 11 is 1.60. The van der Waals surface area contributed by atoms with Crippen molar-refractivity contribution in [1.29, 1.82) is 0 Å². The van der Waals surface area contributed by atoms with E-state index in [0.717, 1.165) is 15.3 Å². The van der Waals surface area contributed by atoms with Crippen LogP contribution in [0.3, 0.4) is 0 Å². The summed E-state index contributed by atoms with van der Waals surface area (Å²) in [6.07, 6.45) is 3.22. The molecule has 0 saturated heterocycles. The Morgan fingerprint density at radius 1 is 1.04 bits per heavy atom. The fraction of sp³-hybridized carbons (Fsp3) is 0.0909. The first-order valence-electron chi connectivity index (χ1n) is 8.65. The van der Waals surface area contributed by atoms with Gasteiger partial charge in [-0.15, -0.1) is 11.3 Å². The number of amides is 2. The third-order valence-electron chi connectivity index (χ3n) is 4.04. The molecule has 0 saturated carbocycles. The first-order valence-corrected chi connectivity index (χ1v) is 9.47. The number of hydrogen-bond acceptors (Lipinski definition) is 4. The minimum absolute atomic E-state index is 0.302. The first-order chi connectivity index (χ1) is 13.6. The molecule has 2 N–H and O–H groups in total. The lowest BCUT2D eigenvalue weighted by Crippen LogP contribution is -2.21. The average molecular weight is 392 g/mol. The maximum atomic E-state index is 12.3. The van der Waals surface area contributed by atoms with Crippen molar-refractivity contribution >= 4 is 34.9 Å². The molecule has 2 amide bonds. The molecule has 0 unspecified atom stereocenters. The van der Waals surface area contributed by atoms with E-state index in [1.807, 2.05) is 30.3 Å². The summed E-state index contributed by atoms with van der Waals surface area (Å²) < 4.78 is 5.15. The fourth-order valence-electron chi connectivity index (χ4n) is 2.61. The van der Waals surface area contributed by atoms with Gasteiger partial charge in [0.1, 0.15) is 5.75 Å². The highest BCUT2D eigenvalue weighted by Gasteiger charge is 2.13. The third kappa shape index (κ3) is 4.66. The lowest BCUT2D eigenvalue weighted by atomic mass is 10.1. The van der Waals surface area contributed by atoms with Gasteiger partial charge in [-0.3, -0.25) is 9.59 Å². The summed E-state index contributed by atoms with van der Waals surface area (Å²) in [4.78, 5) is 26.5. The minimum atomic E-state index is -0.315. The molecule has 3 rings (SSSR count). The van der Waals surface area contributed by atoms with Crippen molar-refractivity contribution in [1.82, 2.24) is 5.32 Å². The second kappa shape index (κ2) is 9.01. The molecule has 1 aromatic heterocycles. The maximum Gasteiger partial charge on any atom is 0.253 e. The number of rotatable bonds is 6. The summed E-state index contributed by atoms with van der Waals surface area (Å²) in [6.45, 7) is 0. The number of benzene rings is 2. The van der Waals surface area contributed by atoms with Crippen molar-refractivity contribution in [3.8, 4) is 16.2 Å². The van der Waals surface area contributed by atoms with Gasteiger partial charge in [-0.25, -0.2) is 0 Å². The van der Waals surface area contributed by atoms with E-state index in [-0.39, 0.29) is 11.8 Å². The topological polar surface area (TPSA) is 67.4 Å². The molecule has 5 nitrogen and oxygen atoms in total. The molecule has 0 aliphatic rings. The molecule has 0 fully saturated rings. The van der Waals surface area contributed by atoms with E-state index in [2.05, 4.69) is 22.8 Å². The van der Waals surface area contributed by atoms with Crippen molar-refractivity contribution in [3.05, 3.63) is 77.2 Å². The smallest absolute Gasteiger partial charge is 0.253 e. The molecule has 28 heavy (non-hydrogen) atoms. The van der Waals surface area contributed by atoms with Crippen LogP contribution in [0.4, 0.5) is 5.69 Å². The standard InChI is InChI=1S/C22H20N2O3S/c1-23-22(26)18-14-16(27-2)8-11-19(18)24-21(25)13-10-17-9-12-20(28-17)15-6-4-3-5-7-15/h3-14H,1-2H3,(H,23,26)(H,24,25)/b13-10+. The van der Waals surface area contributed by atoms with Gasteiger partial charge in [-0.2, -0.15) is 0 Å². The van der Waals surface area contributed by atoms with Crippen LogP contribution in [0, 0.1) is 0 Å². The number of carbonyl (C=O) groups is 2. The largest absolute Gasteiger partial charge is 0.497 e. The Morgan fingerprint density at radius 2 is 1.82 bits per heavy atom. The highest BCUT2D eigenvalue weighted by molar-refractivity contribution is 7.16. The molecule has 0 spiro atoms. The lowest BCUT2D eigenvalue weighted by Gasteiger charge is -2.10. The van der Waals surface area contributed by atoms with Gasteiger partial charge in [0.2, 0.25) is 5.91 Å². The van der Waals surface area contributed by atoms with E-state index in [4.69, 9.17) is 4.74 Å². The minimum Gasteiger partial charge on any atom is -0.497 e. The predicted molar refractivity (Wildman–Crippen MR) is 114 cm³/mol. The van der Waals surface area contributed by atoms with Crippen LogP contribution in [0.5, 0.6) is 5.75 Å². The van der Waals surface area contributed by atoms with E-state index >= 15 is 0 Å². The van der Waals surface area contributed by atoms with Crippen LogP contribution in [0.15, 0.2) is 66.7 Å². The number of thiophene rings is 1. The summed E-state index contributed by atoms with van der Waals surface area (Å²) in [5, 5.41) is 5.31. The number of carbonyl (C=O) groups excluding carboxylic acids is 2. The van der Waals surface area contributed by atoms with Crippen LogP contribution < -0.4 is 15.4 Å². The second-order valence-corrected chi connectivity index (χ2v) is 7.00. The molecule has 1 heterocycles. The van der Waals surface area contributed by atoms with Crippen molar-refractivity contribution < 1.29 is 14.3 Å². The molecule has 0 radical (unpaired) electrons. The average Bonchev–Trinajstić information content (AvgIpc) is 3.22. The summed E-state index contributed by atoms with van der Waals surface area (Å²) in [7, 11) is 3.06. The van der Waals surface area contributed by atoms with E-state index in [1.165, 1.54) is 20.2 Å². The zero-order valence-corrected chi connectivity index (χ0v) is 16.4. The zero-order chi connectivity index (χ0) is 19.9. The molecule has 142 valence electrons. The Hall–Kier alpha value is -3.38. The number of ether oxygens (including phenoxy) is 1. The zero-order valence-electron chi connectivity index (χ0n) is 15.6. The quantitative estimate of drug-likeness (QED) is 0.610. The molecule has 2 aromatic carbocycles. The van der Waals surface area contributed by atoms with Crippen LogP contribution in [0.2, 0.25) is 0 Å². The normalized spacial score (nSPS) is 10.6. The van der Waals surface area contributed by atoms with E-state index < -0.39 is 0 Å². The Labute approximate surface area is 167 Å². The summed E-state index contributed by atoms with van der Waals surface area (Å²) in [5.41, 5.74) is 1.90. The predicted octanol–water partition coefficient (Wildman–Crippen LogP) is 4.44. The van der Waals surface area contributed by atoms with Gasteiger partial charge in [0.05, 0.1) is 18.4 Å². The van der Waals surface area contributed by atoms with Gasteiger partial charge in [-0.05, 0) is 42.0 Å². The van der Waals surface area contributed by atoms with Crippen LogP contribution in [0.25, 0.3) is 16.5 Å². The van der Waals surface area contributed by atoms with Crippen molar-refractivity contribution in [2.24, 2.45) is 0 Å². The Morgan fingerprint density at radius 3 is 2.54 bits per heavy atom. The molecular formula is C22H20N2O3S. The molecular weight excluding hydrogens is 372 g/mol. The van der Waals surface area contributed by atoms with Crippen LogP contribution >= 0.6 is 11.3 Å². The highest BCUT2D eigenvalue weighted by Crippen LogP contribution is 2.28. The molecule has 0 aliphatic carbocycles. The van der Waals surface area contributed by atoms with Gasteiger partial charge in [-0.1, -0.05) is 30.3 Å². The van der Waals surface area contributed by atoms with E-state index in [1.54, 1.807) is 35.6 Å². The number of anilines is 1. The Balaban J connectivity index is 1.72. The Bertz CT molecular complexity index is 1010. The third-order valence-corrected chi connectivity index (χ3v) is 5.14. The Kier molecular flexibility index (Phi) is 6.24. The summed E-state index contributed by atoms with van der Waals surface area (Å²) in [5.74, 6) is -0.0758. The molecule has 6 heteroatoms. The summed E-state index contributed by atoms with van der Waals surface area (Å²) in [6, 6.07) is 19.0. The van der Waals surface area contributed by atoms with E-state index in [0.29, 0.717) is 17.0 Å². The molecule has 0 atom stereocenters. The fourth-order valence-corrected chi connectivity index (χ4v) is 3.53. The van der Waals surface area contributed by atoms with Crippen molar-refractivity contribution in [2.45, 2.75) is 0 Å². The van der Waals surface area contributed by atoms with Gasteiger partial charge >= 0.3 is 0 Å². The van der Waals surface area contributed by atoms with Gasteiger partial charge < -0.3 is 15.4 Å². The maximum absolute atomic E-state index is 12.3. The second-order valence-electron chi connectivity index (χ2n) is 5.88. The van der Waals surface area contributed by atoms with Crippen LogP contribution in [0.1, 0.15) is 15.2 Å². The number of methoxy groups -OCH3 is 1. The monoisotopic (exact) mass is 392 g/mol. The first kappa shape index (κ1) is 19.4. The van der Waals surface area contributed by atoms with E-state index in [9.17, 15) is 9.59 Å². The molecule has 0 bridgehead atoms. The van der Waals surface area contributed by atoms with Gasteiger partial charge in [0, 0.05) is 22.9 Å². The van der Waals surface area contributed by atoms with Crippen LogP contribution in [-0.4, -0.2) is 26.0 Å². The SMILES string of the molecule is CNC(=O)c1cc(OC)ccc1NC(=O)/C=C/c1ccc(-c2ccccc2)s1. The van der Waals surface area contributed by atoms with Crippen molar-refractivity contribution in [3.63, 3.8) is 0 Å². The van der Waals surface area contributed by atoms with Crippen LogP contribution in [-0.2, 0) is 4.79 Å².